The van der Waals surface area contributed by atoms with Crippen molar-refractivity contribution in [3.63, 3.8) is 0 Å². The number of pyridine rings is 1. The number of likely N-dealkylation sites (tertiary alicyclic amines) is 1. The van der Waals surface area contributed by atoms with Crippen molar-refractivity contribution in [1.29, 1.82) is 0 Å². The molecular formula is C35H41F2N5O5S. The first-order chi connectivity index (χ1) is 22.6. The number of fused-ring (bicyclic) bond motifs is 1. The molecule has 2 atom stereocenters. The molecule has 0 radical (unpaired) electrons. The van der Waals surface area contributed by atoms with Gasteiger partial charge in [0, 0.05) is 42.4 Å². The third kappa shape index (κ3) is 8.55. The van der Waals surface area contributed by atoms with Gasteiger partial charge in [-0.15, -0.1) is 0 Å². The van der Waals surface area contributed by atoms with Crippen molar-refractivity contribution >= 4 is 32.7 Å². The molecule has 2 unspecified atom stereocenters. The molecule has 1 N–H and O–H groups in total. The Morgan fingerprint density at radius 2 is 1.81 bits per heavy atom. The highest BCUT2D eigenvalue weighted by molar-refractivity contribution is 7.90. The Morgan fingerprint density at radius 3 is 2.54 bits per heavy atom. The van der Waals surface area contributed by atoms with Gasteiger partial charge in [0.05, 0.1) is 29.3 Å². The molecule has 1 aliphatic heterocycles. The fourth-order valence-electron chi connectivity index (χ4n) is 5.73. The van der Waals surface area contributed by atoms with Crippen LogP contribution in [-0.4, -0.2) is 71.0 Å². The van der Waals surface area contributed by atoms with Gasteiger partial charge in [-0.2, -0.15) is 0 Å². The lowest BCUT2D eigenvalue weighted by Crippen LogP contribution is -2.51. The van der Waals surface area contributed by atoms with E-state index in [1.54, 1.807) is 69.6 Å². The number of ether oxygens (including phenoxy) is 2. The highest BCUT2D eigenvalue weighted by atomic mass is 32.2. The zero-order valence-electron chi connectivity index (χ0n) is 28.0. The van der Waals surface area contributed by atoms with Crippen LogP contribution in [0.1, 0.15) is 52.2 Å². The normalized spacial score (nSPS) is 17.1. The van der Waals surface area contributed by atoms with Gasteiger partial charge in [0.2, 0.25) is 11.8 Å². The number of benzene rings is 2. The Hall–Kier alpha value is -4.39. The number of aryl methyl sites for hydroxylation is 1. The molecule has 3 heterocycles. The number of rotatable bonds is 9. The first-order valence-electron chi connectivity index (χ1n) is 15.8. The van der Waals surface area contributed by atoms with Gasteiger partial charge in [-0.25, -0.2) is 36.9 Å². The Morgan fingerprint density at radius 1 is 1.06 bits per heavy atom. The van der Waals surface area contributed by atoms with Crippen LogP contribution in [0, 0.1) is 18.7 Å². The van der Waals surface area contributed by atoms with Crippen molar-refractivity contribution in [1.82, 2.24) is 19.9 Å². The summed E-state index contributed by atoms with van der Waals surface area (Å²) in [6, 6.07) is 11.0. The van der Waals surface area contributed by atoms with Crippen LogP contribution in [0.5, 0.6) is 11.6 Å². The standard InChI is InChI=1S/C35H41F2N5O5S/c1-21(2)19-48(44,45)20-28-25-10-9-22(3)31(26(25)11-12-29(28)37)46-32-27(8-7-14-38-32)30-13-15-39-33(41-30)40-24-16-23(36)17-42(18-24)34(43)47-35(4,5)6/h7-15,21,23-24H,16-20H2,1-6H3,(H,39,40,41). The van der Waals surface area contributed by atoms with E-state index in [0.29, 0.717) is 27.8 Å². The number of aromatic nitrogens is 3. The second-order valence-electron chi connectivity index (χ2n) is 13.6. The number of carbonyl (C=O) groups excluding carboxylic acids is 1. The van der Waals surface area contributed by atoms with E-state index >= 15 is 4.39 Å². The second-order valence-corrected chi connectivity index (χ2v) is 15.7. The van der Waals surface area contributed by atoms with E-state index in [1.807, 2.05) is 20.8 Å². The van der Waals surface area contributed by atoms with E-state index in [0.717, 1.165) is 5.56 Å². The van der Waals surface area contributed by atoms with Crippen molar-refractivity contribution in [3.05, 3.63) is 71.8 Å². The predicted molar refractivity (Wildman–Crippen MR) is 181 cm³/mol. The van der Waals surface area contributed by atoms with Gasteiger partial charge in [0.15, 0.2) is 9.84 Å². The summed E-state index contributed by atoms with van der Waals surface area (Å²) in [7, 11) is -3.56. The number of amides is 1. The van der Waals surface area contributed by atoms with Gasteiger partial charge in [-0.05, 0) is 74.9 Å². The van der Waals surface area contributed by atoms with Gasteiger partial charge in [0.1, 0.15) is 23.3 Å². The minimum Gasteiger partial charge on any atom is -0.444 e. The maximum atomic E-state index is 15.1. The quantitative estimate of drug-likeness (QED) is 0.194. The topological polar surface area (TPSA) is 124 Å². The molecule has 0 spiro atoms. The molecule has 0 aliphatic carbocycles. The van der Waals surface area contributed by atoms with E-state index in [4.69, 9.17) is 9.47 Å². The molecule has 13 heteroatoms. The number of hydrogen-bond acceptors (Lipinski definition) is 9. The zero-order chi connectivity index (χ0) is 34.8. The highest BCUT2D eigenvalue weighted by Gasteiger charge is 2.33. The van der Waals surface area contributed by atoms with Crippen LogP contribution in [-0.2, 0) is 20.3 Å². The molecular weight excluding hydrogens is 640 g/mol. The Balaban J connectivity index is 1.42. The number of alkyl halides is 1. The summed E-state index contributed by atoms with van der Waals surface area (Å²) < 4.78 is 67.4. The van der Waals surface area contributed by atoms with Crippen molar-refractivity contribution in [2.24, 2.45) is 5.92 Å². The number of nitrogens with one attached hydrogen (secondary N) is 1. The Labute approximate surface area is 279 Å². The molecule has 256 valence electrons. The Kier molecular flexibility index (Phi) is 10.2. The van der Waals surface area contributed by atoms with Crippen LogP contribution in [0.3, 0.4) is 0 Å². The molecule has 1 saturated heterocycles. The number of sulfone groups is 1. The molecule has 1 fully saturated rings. The molecule has 10 nitrogen and oxygen atoms in total. The second kappa shape index (κ2) is 14.0. The fraction of sp³-hybridized carbons (Fsp3) is 0.429. The van der Waals surface area contributed by atoms with Gasteiger partial charge in [0.25, 0.3) is 0 Å². The van der Waals surface area contributed by atoms with Crippen molar-refractivity contribution in [3.8, 4) is 22.9 Å². The summed E-state index contributed by atoms with van der Waals surface area (Å²) in [5.41, 5.74) is 1.12. The smallest absolute Gasteiger partial charge is 0.410 e. The SMILES string of the molecule is Cc1ccc2c(CS(=O)(=O)CC(C)C)c(F)ccc2c1Oc1ncccc1-c1ccnc(NC2CC(F)CN(C(=O)OC(C)(C)C)C2)n1. The maximum absolute atomic E-state index is 15.1. The van der Waals surface area contributed by atoms with Crippen LogP contribution in [0.25, 0.3) is 22.0 Å². The number of hydrogen-bond donors (Lipinski definition) is 1. The molecule has 2 aromatic carbocycles. The van der Waals surface area contributed by atoms with Crippen LogP contribution < -0.4 is 10.1 Å². The summed E-state index contributed by atoms with van der Waals surface area (Å²) in [6.45, 7) is 10.9. The van der Waals surface area contributed by atoms with E-state index in [-0.39, 0.29) is 48.6 Å². The van der Waals surface area contributed by atoms with Gasteiger partial charge in [-0.3, -0.25) is 0 Å². The minimum absolute atomic E-state index is 0.0534. The molecule has 1 aliphatic rings. The van der Waals surface area contributed by atoms with Crippen LogP contribution >= 0.6 is 0 Å². The summed E-state index contributed by atoms with van der Waals surface area (Å²) >= 11 is 0. The lowest BCUT2D eigenvalue weighted by Gasteiger charge is -2.36. The van der Waals surface area contributed by atoms with E-state index in [1.165, 1.54) is 11.0 Å². The zero-order valence-corrected chi connectivity index (χ0v) is 28.8. The van der Waals surface area contributed by atoms with E-state index in [9.17, 15) is 17.6 Å². The van der Waals surface area contributed by atoms with Crippen LogP contribution in [0.2, 0.25) is 0 Å². The van der Waals surface area contributed by atoms with Gasteiger partial charge < -0.3 is 19.7 Å². The maximum Gasteiger partial charge on any atom is 0.410 e. The first kappa shape index (κ1) is 34.9. The molecule has 0 saturated carbocycles. The van der Waals surface area contributed by atoms with E-state index in [2.05, 4.69) is 20.3 Å². The summed E-state index contributed by atoms with van der Waals surface area (Å²) in [6.07, 6.45) is 1.45. The first-order valence-corrected chi connectivity index (χ1v) is 17.7. The number of piperidine rings is 1. The number of carbonyl (C=O) groups is 1. The van der Waals surface area contributed by atoms with Gasteiger partial charge in [-0.1, -0.05) is 26.0 Å². The van der Waals surface area contributed by atoms with Crippen molar-refractivity contribution in [2.75, 3.05) is 24.2 Å². The average Bonchev–Trinajstić information content (AvgIpc) is 2.98. The molecule has 2 aromatic heterocycles. The summed E-state index contributed by atoms with van der Waals surface area (Å²) in [4.78, 5) is 27.4. The Bertz CT molecular complexity index is 1920. The number of anilines is 1. The lowest BCUT2D eigenvalue weighted by molar-refractivity contribution is 0.0124. The average molecular weight is 682 g/mol. The lowest BCUT2D eigenvalue weighted by atomic mass is 10.0. The molecule has 5 rings (SSSR count). The molecule has 4 aromatic rings. The predicted octanol–water partition coefficient (Wildman–Crippen LogP) is 7.26. The van der Waals surface area contributed by atoms with Gasteiger partial charge >= 0.3 is 6.09 Å². The largest absolute Gasteiger partial charge is 0.444 e. The molecule has 1 amide bonds. The van der Waals surface area contributed by atoms with Crippen molar-refractivity contribution < 1.29 is 31.5 Å². The van der Waals surface area contributed by atoms with Crippen LogP contribution in [0.15, 0.2) is 54.9 Å². The third-order valence-electron chi connectivity index (χ3n) is 7.64. The number of halogens is 2. The minimum atomic E-state index is -3.56. The highest BCUT2D eigenvalue weighted by Crippen LogP contribution is 2.38. The van der Waals surface area contributed by atoms with Crippen molar-refractivity contribution in [2.45, 2.75) is 71.5 Å². The summed E-state index contributed by atoms with van der Waals surface area (Å²) in [5, 5.41) is 4.14. The van der Waals surface area contributed by atoms with Crippen LogP contribution in [0.4, 0.5) is 19.5 Å². The van der Waals surface area contributed by atoms with E-state index < -0.39 is 45.3 Å². The molecule has 0 bridgehead atoms. The fourth-order valence-corrected chi connectivity index (χ4v) is 7.60. The third-order valence-corrected chi connectivity index (χ3v) is 9.54. The monoisotopic (exact) mass is 681 g/mol. The number of nitrogens with zero attached hydrogens (tertiary/aromatic N) is 4. The summed E-state index contributed by atoms with van der Waals surface area (Å²) in [5.74, 6) is -0.325. The molecule has 48 heavy (non-hydrogen) atoms.